The van der Waals surface area contributed by atoms with Gasteiger partial charge in [-0.3, -0.25) is 19.3 Å². The second kappa shape index (κ2) is 8.12. The van der Waals surface area contributed by atoms with Crippen molar-refractivity contribution in [2.75, 3.05) is 19.6 Å². The molecule has 2 aliphatic heterocycles. The first-order valence-electron chi connectivity index (χ1n) is 10.6. The maximum absolute atomic E-state index is 14.6. The number of halogens is 1. The monoisotopic (exact) mass is 449 g/mol. The molecule has 3 aromatic rings. The van der Waals surface area contributed by atoms with E-state index in [0.717, 1.165) is 4.90 Å². The van der Waals surface area contributed by atoms with E-state index in [9.17, 15) is 23.6 Å². The van der Waals surface area contributed by atoms with E-state index in [1.807, 2.05) is 6.07 Å². The molecule has 2 saturated heterocycles. The molecular weight excluding hydrogens is 429 g/mol. The average Bonchev–Trinajstić information content (AvgIpc) is 3.42. The van der Waals surface area contributed by atoms with Crippen molar-refractivity contribution in [3.8, 4) is 0 Å². The van der Waals surface area contributed by atoms with E-state index >= 15 is 0 Å². The molecule has 10 heteroatoms. The van der Waals surface area contributed by atoms with E-state index < -0.39 is 23.8 Å². The summed E-state index contributed by atoms with van der Waals surface area (Å²) in [4.78, 5) is 51.6. The van der Waals surface area contributed by atoms with E-state index in [0.29, 0.717) is 41.4 Å². The quantitative estimate of drug-likeness (QED) is 0.585. The smallest absolute Gasteiger partial charge is 0.324 e. The third-order valence-corrected chi connectivity index (χ3v) is 6.10. The van der Waals surface area contributed by atoms with Crippen LogP contribution in [0.1, 0.15) is 28.0 Å². The minimum atomic E-state index is -0.651. The van der Waals surface area contributed by atoms with Crippen LogP contribution in [0, 0.1) is 5.82 Å². The normalized spacial score (nSPS) is 18.3. The number of nitrogens with zero attached hydrogens (tertiary/aromatic N) is 3. The van der Waals surface area contributed by atoms with Crippen LogP contribution >= 0.6 is 0 Å². The van der Waals surface area contributed by atoms with Gasteiger partial charge in [-0.15, -0.1) is 0 Å². The van der Waals surface area contributed by atoms with E-state index in [4.69, 9.17) is 0 Å². The van der Waals surface area contributed by atoms with Gasteiger partial charge in [-0.2, -0.15) is 5.10 Å². The van der Waals surface area contributed by atoms with Gasteiger partial charge >= 0.3 is 6.03 Å². The lowest BCUT2D eigenvalue weighted by atomic mass is 10.0. The molecule has 168 valence electrons. The predicted octanol–water partition coefficient (Wildman–Crippen LogP) is 1.42. The lowest BCUT2D eigenvalue weighted by Crippen LogP contribution is -2.43. The highest BCUT2D eigenvalue weighted by molar-refractivity contribution is 6.02. The highest BCUT2D eigenvalue weighted by Gasteiger charge is 2.40. The van der Waals surface area contributed by atoms with Gasteiger partial charge in [0, 0.05) is 24.9 Å². The number of aromatic nitrogens is 2. The van der Waals surface area contributed by atoms with Crippen LogP contribution in [0.2, 0.25) is 0 Å². The Morgan fingerprint density at radius 1 is 1.12 bits per heavy atom. The molecule has 4 amide bonds. The molecule has 1 aromatic heterocycles. The van der Waals surface area contributed by atoms with Crippen molar-refractivity contribution in [1.82, 2.24) is 25.3 Å². The number of carbonyl (C=O) groups excluding carboxylic acids is 3. The SMILES string of the molecule is O=C(c1cc(Cc2n[nH]c(=O)c3ccccc23)ccc1F)N1CCC(N2C(=O)CNC2=O)C1. The molecule has 0 saturated carbocycles. The Labute approximate surface area is 187 Å². The summed E-state index contributed by atoms with van der Waals surface area (Å²) in [6.07, 6.45) is 0.739. The predicted molar refractivity (Wildman–Crippen MR) is 116 cm³/mol. The highest BCUT2D eigenvalue weighted by Crippen LogP contribution is 2.23. The van der Waals surface area contributed by atoms with Crippen LogP contribution in [0.4, 0.5) is 9.18 Å². The Balaban J connectivity index is 1.38. The first-order valence-corrected chi connectivity index (χ1v) is 10.6. The van der Waals surface area contributed by atoms with Crippen molar-refractivity contribution < 1.29 is 18.8 Å². The Hall–Kier alpha value is -4.08. The number of amides is 4. The number of fused-ring (bicyclic) bond motifs is 1. The number of urea groups is 1. The van der Waals surface area contributed by atoms with Gasteiger partial charge in [0.15, 0.2) is 0 Å². The minimum Gasteiger partial charge on any atom is -0.336 e. The second-order valence-electron chi connectivity index (χ2n) is 8.15. The number of likely N-dealkylation sites (tertiary alicyclic amines) is 1. The van der Waals surface area contributed by atoms with Gasteiger partial charge in [-0.1, -0.05) is 24.3 Å². The lowest BCUT2D eigenvalue weighted by Gasteiger charge is -2.22. The minimum absolute atomic E-state index is 0.0482. The van der Waals surface area contributed by atoms with Crippen LogP contribution in [0.25, 0.3) is 10.8 Å². The van der Waals surface area contributed by atoms with Gasteiger partial charge in [0.2, 0.25) is 5.91 Å². The first-order chi connectivity index (χ1) is 15.9. The molecular formula is C23H20FN5O4. The Morgan fingerprint density at radius 3 is 2.67 bits per heavy atom. The largest absolute Gasteiger partial charge is 0.336 e. The number of nitrogens with one attached hydrogen (secondary N) is 2. The third kappa shape index (κ3) is 3.73. The lowest BCUT2D eigenvalue weighted by molar-refractivity contribution is -0.126. The maximum atomic E-state index is 14.6. The van der Waals surface area contributed by atoms with E-state index in [2.05, 4.69) is 15.5 Å². The highest BCUT2D eigenvalue weighted by atomic mass is 19.1. The van der Waals surface area contributed by atoms with Gasteiger partial charge in [0.25, 0.3) is 11.5 Å². The van der Waals surface area contributed by atoms with Crippen molar-refractivity contribution in [3.05, 3.63) is 75.5 Å². The standard InChI is InChI=1S/C23H20FN5O4/c24-18-6-5-13(10-19-15-3-1-2-4-16(15)21(31)27-26-19)9-17(18)22(32)28-8-7-14(12-28)29-20(30)11-25-23(29)33/h1-6,9,14H,7-8,10-12H2,(H,25,33)(H,27,31). The summed E-state index contributed by atoms with van der Waals surface area (Å²) >= 11 is 0. The van der Waals surface area contributed by atoms with Crippen molar-refractivity contribution in [2.45, 2.75) is 18.9 Å². The molecule has 0 bridgehead atoms. The molecule has 1 unspecified atom stereocenters. The molecule has 33 heavy (non-hydrogen) atoms. The number of benzene rings is 2. The summed E-state index contributed by atoms with van der Waals surface area (Å²) in [5.41, 5.74) is 0.890. The summed E-state index contributed by atoms with van der Waals surface area (Å²) in [6, 6.07) is 10.5. The van der Waals surface area contributed by atoms with Gasteiger partial charge < -0.3 is 10.2 Å². The van der Waals surface area contributed by atoms with Crippen molar-refractivity contribution >= 4 is 28.6 Å². The van der Waals surface area contributed by atoms with Crippen LogP contribution < -0.4 is 10.9 Å². The number of hydrogen-bond acceptors (Lipinski definition) is 5. The Morgan fingerprint density at radius 2 is 1.91 bits per heavy atom. The van der Waals surface area contributed by atoms with Crippen LogP contribution in [0.15, 0.2) is 47.3 Å². The van der Waals surface area contributed by atoms with Crippen LogP contribution in [0.3, 0.4) is 0 Å². The number of aromatic amines is 1. The topological polar surface area (TPSA) is 115 Å². The number of hydrogen-bond donors (Lipinski definition) is 2. The number of carbonyl (C=O) groups is 3. The fourth-order valence-corrected chi connectivity index (χ4v) is 4.46. The molecule has 2 fully saturated rings. The van der Waals surface area contributed by atoms with Crippen molar-refractivity contribution in [3.63, 3.8) is 0 Å². The van der Waals surface area contributed by atoms with E-state index in [-0.39, 0.29) is 30.1 Å². The molecule has 0 aliphatic carbocycles. The summed E-state index contributed by atoms with van der Waals surface area (Å²) in [5.74, 6) is -1.47. The number of rotatable bonds is 4. The fourth-order valence-electron chi connectivity index (χ4n) is 4.46. The van der Waals surface area contributed by atoms with Gasteiger partial charge in [-0.25, -0.2) is 14.3 Å². The zero-order chi connectivity index (χ0) is 23.1. The first kappa shape index (κ1) is 20.8. The molecule has 0 radical (unpaired) electrons. The molecule has 5 rings (SSSR count). The zero-order valence-electron chi connectivity index (χ0n) is 17.5. The molecule has 2 aromatic carbocycles. The zero-order valence-corrected chi connectivity index (χ0v) is 17.5. The van der Waals surface area contributed by atoms with Crippen LogP contribution in [0.5, 0.6) is 0 Å². The molecule has 2 aliphatic rings. The van der Waals surface area contributed by atoms with Crippen molar-refractivity contribution in [1.29, 1.82) is 0 Å². The number of imide groups is 1. The van der Waals surface area contributed by atoms with Crippen LogP contribution in [-0.2, 0) is 11.2 Å². The Kier molecular flexibility index (Phi) is 5.12. The molecule has 3 heterocycles. The van der Waals surface area contributed by atoms with Gasteiger partial charge in [0.05, 0.1) is 29.2 Å². The van der Waals surface area contributed by atoms with Gasteiger partial charge in [0.1, 0.15) is 5.82 Å². The summed E-state index contributed by atoms with van der Waals surface area (Å²) in [6.45, 7) is 0.428. The molecule has 1 atom stereocenters. The molecule has 2 N–H and O–H groups in total. The average molecular weight is 449 g/mol. The fraction of sp³-hybridized carbons (Fsp3) is 0.261. The Bertz CT molecular complexity index is 1340. The second-order valence-corrected chi connectivity index (χ2v) is 8.15. The van der Waals surface area contributed by atoms with Crippen molar-refractivity contribution in [2.24, 2.45) is 0 Å². The third-order valence-electron chi connectivity index (χ3n) is 6.10. The van der Waals surface area contributed by atoms with Gasteiger partial charge in [-0.05, 0) is 30.2 Å². The molecule has 9 nitrogen and oxygen atoms in total. The van der Waals surface area contributed by atoms with E-state index in [1.165, 1.54) is 17.0 Å². The number of H-pyrrole nitrogens is 1. The summed E-state index contributed by atoms with van der Waals surface area (Å²) in [7, 11) is 0. The van der Waals surface area contributed by atoms with Crippen LogP contribution in [-0.4, -0.2) is 63.5 Å². The molecule has 0 spiro atoms. The summed E-state index contributed by atoms with van der Waals surface area (Å²) < 4.78 is 14.6. The summed E-state index contributed by atoms with van der Waals surface area (Å²) in [5, 5.41) is 10.3. The maximum Gasteiger partial charge on any atom is 0.324 e. The van der Waals surface area contributed by atoms with E-state index in [1.54, 1.807) is 24.3 Å².